The highest BCUT2D eigenvalue weighted by Gasteiger charge is 2.62. The minimum atomic E-state index is -3.91. The number of carbonyl (C=O) groups excluding carboxylic acids is 4. The maximum absolute atomic E-state index is 15.0. The number of carbonyl (C=O) groups is 4. The van der Waals surface area contributed by atoms with Gasteiger partial charge in [0.1, 0.15) is 29.8 Å². The standard InChI is InChI=1S/C42H54ClN5O9S/c1-4-14-55-35-20-32-31(10-7-11-33(32)43)38(44-35)56-29-19-34-37(49)46-42(40(51)47-58(53,54)30-12-13-30)21-27(42)9-6-5-8-23(2)15-24(3)36(39(50)48(34)22-29)45-41(52)57-28-17-25-16-26(25)18-28/h6-7,9-11,20,23-30,34,36H,4-5,8,12-19,21-22H2,1-3H3,(H,45,52)(H,46,49)(H,47,51)/b9-6-/t23-,24+,25-,26?,27+,28?,29+,34-,36-,42+/m0/s1. The van der Waals surface area contributed by atoms with Gasteiger partial charge in [0.15, 0.2) is 0 Å². The molecule has 1 aromatic heterocycles. The number of sulfonamides is 1. The molecule has 58 heavy (non-hydrogen) atoms. The summed E-state index contributed by atoms with van der Waals surface area (Å²) >= 11 is 6.61. The van der Waals surface area contributed by atoms with Gasteiger partial charge in [-0.15, -0.1) is 0 Å². The van der Waals surface area contributed by atoms with Crippen LogP contribution in [0.5, 0.6) is 11.8 Å². The summed E-state index contributed by atoms with van der Waals surface area (Å²) in [6.45, 7) is 6.38. The number of nitrogens with zero attached hydrogens (tertiary/aromatic N) is 2. The summed E-state index contributed by atoms with van der Waals surface area (Å²) in [5.41, 5.74) is -1.52. The first kappa shape index (κ1) is 40.7. The quantitative estimate of drug-likeness (QED) is 0.262. The van der Waals surface area contributed by atoms with Gasteiger partial charge in [0.05, 0.1) is 18.4 Å². The first-order chi connectivity index (χ1) is 27.7. The summed E-state index contributed by atoms with van der Waals surface area (Å²) in [5, 5.41) is 6.94. The number of hydrogen-bond acceptors (Lipinski definition) is 10. The Labute approximate surface area is 344 Å². The Morgan fingerprint density at radius 2 is 1.81 bits per heavy atom. The number of benzene rings is 1. The summed E-state index contributed by atoms with van der Waals surface area (Å²) in [7, 11) is -3.91. The number of fused-ring (bicyclic) bond motifs is 4. The SMILES string of the molecule is CCCOc1cc2c(Cl)cccc2c(O[C@@H]2C[C@H]3C(=O)N[C@]4(C(=O)NS(=O)(=O)C5CC5)C[C@H]4/C=C\CC[C@H](C)C[C@@H](C)[C@H](NC(=O)OC4CC5C[C@H]5C4)C(=O)N3C2)n1. The summed E-state index contributed by atoms with van der Waals surface area (Å²) in [6, 6.07) is 4.93. The highest BCUT2D eigenvalue weighted by molar-refractivity contribution is 7.91. The van der Waals surface area contributed by atoms with E-state index in [-0.39, 0.29) is 43.2 Å². The Kier molecular flexibility index (Phi) is 11.3. The number of hydrogen-bond donors (Lipinski definition) is 3. The molecule has 3 heterocycles. The molecule has 1 aromatic carbocycles. The van der Waals surface area contributed by atoms with Crippen molar-refractivity contribution < 1.29 is 41.8 Å². The molecule has 2 unspecified atom stereocenters. The van der Waals surface area contributed by atoms with Crippen molar-refractivity contribution in [2.75, 3.05) is 13.2 Å². The van der Waals surface area contributed by atoms with Gasteiger partial charge < -0.3 is 29.7 Å². The van der Waals surface area contributed by atoms with Gasteiger partial charge in [-0.3, -0.25) is 19.1 Å². The van der Waals surface area contributed by atoms with Crippen LogP contribution in [0.1, 0.15) is 91.4 Å². The van der Waals surface area contributed by atoms with Gasteiger partial charge in [0.25, 0.3) is 5.91 Å². The van der Waals surface area contributed by atoms with E-state index in [1.165, 1.54) is 11.3 Å². The number of ether oxygens (including phenoxy) is 3. The van der Waals surface area contributed by atoms with Crippen LogP contribution in [0.3, 0.4) is 0 Å². The Morgan fingerprint density at radius 1 is 1.03 bits per heavy atom. The molecule has 0 radical (unpaired) electrons. The van der Waals surface area contributed by atoms with Crippen LogP contribution in [-0.4, -0.2) is 90.3 Å². The first-order valence-electron chi connectivity index (χ1n) is 21.0. The number of aromatic nitrogens is 1. The third-order valence-electron chi connectivity index (χ3n) is 12.9. The Morgan fingerprint density at radius 3 is 2.55 bits per heavy atom. The second-order valence-corrected chi connectivity index (χ2v) is 19.9. The van der Waals surface area contributed by atoms with E-state index in [0.717, 1.165) is 25.7 Å². The van der Waals surface area contributed by atoms with Crippen molar-refractivity contribution in [3.63, 3.8) is 0 Å². The predicted molar refractivity (Wildman–Crippen MR) is 215 cm³/mol. The van der Waals surface area contributed by atoms with Gasteiger partial charge in [-0.2, -0.15) is 4.98 Å². The van der Waals surface area contributed by atoms with Crippen LogP contribution in [0, 0.1) is 29.6 Å². The van der Waals surface area contributed by atoms with E-state index in [4.69, 9.17) is 25.8 Å². The number of alkyl carbamates (subject to hydrolysis) is 1. The Balaban J connectivity index is 1.11. The lowest BCUT2D eigenvalue weighted by molar-refractivity contribution is -0.142. The maximum atomic E-state index is 15.0. The van der Waals surface area contributed by atoms with Crippen LogP contribution in [-0.2, 0) is 29.1 Å². The molecule has 10 atom stereocenters. The zero-order valence-corrected chi connectivity index (χ0v) is 34.9. The van der Waals surface area contributed by atoms with Crippen LogP contribution in [0.15, 0.2) is 36.4 Å². The van der Waals surface area contributed by atoms with E-state index in [1.54, 1.807) is 18.2 Å². The van der Waals surface area contributed by atoms with Gasteiger partial charge in [-0.25, -0.2) is 13.2 Å². The van der Waals surface area contributed by atoms with Crippen molar-refractivity contribution in [2.24, 2.45) is 29.6 Å². The highest BCUT2D eigenvalue weighted by atomic mass is 35.5. The lowest BCUT2D eigenvalue weighted by Crippen LogP contribution is -2.59. The van der Waals surface area contributed by atoms with Gasteiger partial charge in [0, 0.05) is 34.2 Å². The molecule has 2 aliphatic heterocycles. The number of rotatable bonds is 10. The zero-order valence-electron chi connectivity index (χ0n) is 33.3. The summed E-state index contributed by atoms with van der Waals surface area (Å²) in [5.74, 6) is -0.788. The first-order valence-corrected chi connectivity index (χ1v) is 22.9. The van der Waals surface area contributed by atoms with Crippen molar-refractivity contribution in [3.8, 4) is 11.8 Å². The lowest BCUT2D eigenvalue weighted by Gasteiger charge is -2.33. The van der Waals surface area contributed by atoms with Crippen LogP contribution >= 0.6 is 11.6 Å². The van der Waals surface area contributed by atoms with E-state index in [0.29, 0.717) is 65.8 Å². The zero-order chi connectivity index (χ0) is 40.9. The molecule has 6 aliphatic rings. The molecule has 8 rings (SSSR count). The minimum Gasteiger partial charge on any atom is -0.478 e. The van der Waals surface area contributed by atoms with Gasteiger partial charge in [-0.1, -0.05) is 50.6 Å². The fourth-order valence-electron chi connectivity index (χ4n) is 9.28. The number of amides is 4. The fraction of sp³-hybridized carbons (Fsp3) is 0.643. The van der Waals surface area contributed by atoms with Crippen LogP contribution in [0.25, 0.3) is 10.8 Å². The molecular weight excluding hydrogens is 786 g/mol. The van der Waals surface area contributed by atoms with E-state index < -0.39 is 68.7 Å². The normalized spacial score (nSPS) is 34.0. The maximum Gasteiger partial charge on any atom is 0.408 e. The molecule has 5 fully saturated rings. The highest BCUT2D eigenvalue weighted by Crippen LogP contribution is 2.52. The summed E-state index contributed by atoms with van der Waals surface area (Å²) in [6.07, 6.45) is 9.03. The van der Waals surface area contributed by atoms with E-state index in [1.807, 2.05) is 32.1 Å². The largest absolute Gasteiger partial charge is 0.478 e. The van der Waals surface area contributed by atoms with E-state index in [2.05, 4.69) is 27.3 Å². The van der Waals surface area contributed by atoms with Crippen LogP contribution < -0.4 is 24.8 Å². The van der Waals surface area contributed by atoms with Crippen molar-refractivity contribution in [3.05, 3.63) is 41.4 Å². The summed E-state index contributed by atoms with van der Waals surface area (Å²) in [4.78, 5) is 63.0. The fourth-order valence-corrected chi connectivity index (χ4v) is 10.9. The second-order valence-electron chi connectivity index (χ2n) is 17.6. The van der Waals surface area contributed by atoms with E-state index >= 15 is 0 Å². The molecule has 4 aliphatic carbocycles. The molecule has 0 bridgehead atoms. The third kappa shape index (κ3) is 8.62. The Bertz CT molecular complexity index is 2090. The molecule has 4 amide bonds. The van der Waals surface area contributed by atoms with Crippen molar-refractivity contribution in [1.82, 2.24) is 25.2 Å². The minimum absolute atomic E-state index is 0.0206. The lowest BCUT2D eigenvalue weighted by atomic mass is 9.88. The molecule has 0 spiro atoms. The molecule has 14 nitrogen and oxygen atoms in total. The van der Waals surface area contributed by atoms with Crippen molar-refractivity contribution in [2.45, 2.75) is 126 Å². The third-order valence-corrected chi connectivity index (χ3v) is 15.0. The molecule has 2 aromatic rings. The van der Waals surface area contributed by atoms with Crippen molar-refractivity contribution >= 4 is 56.2 Å². The van der Waals surface area contributed by atoms with Gasteiger partial charge in [-0.05, 0) is 100 Å². The van der Waals surface area contributed by atoms with Gasteiger partial charge >= 0.3 is 6.09 Å². The van der Waals surface area contributed by atoms with Crippen LogP contribution in [0.4, 0.5) is 4.79 Å². The topological polar surface area (TPSA) is 182 Å². The molecule has 4 saturated carbocycles. The molecule has 1 saturated heterocycles. The Hall–Kier alpha value is -4.11. The van der Waals surface area contributed by atoms with Crippen molar-refractivity contribution in [1.29, 1.82) is 0 Å². The van der Waals surface area contributed by atoms with Crippen LogP contribution in [0.2, 0.25) is 5.02 Å². The summed E-state index contributed by atoms with van der Waals surface area (Å²) < 4.78 is 46.4. The molecule has 314 valence electrons. The number of pyridine rings is 1. The predicted octanol–water partition coefficient (Wildman–Crippen LogP) is 5.41. The average Bonchev–Trinajstić information content (AvgIpc) is 4.14. The number of nitrogens with one attached hydrogen (secondary N) is 3. The molecule has 3 N–H and O–H groups in total. The molecule has 16 heteroatoms. The molecular formula is C42H54ClN5O9S. The van der Waals surface area contributed by atoms with Gasteiger partial charge in [0.2, 0.25) is 33.6 Å². The average molecular weight is 840 g/mol. The number of allylic oxidation sites excluding steroid dienone is 1. The monoisotopic (exact) mass is 839 g/mol. The van der Waals surface area contributed by atoms with E-state index in [9.17, 15) is 27.6 Å². The number of halogens is 1. The second kappa shape index (κ2) is 16.2. The smallest absolute Gasteiger partial charge is 0.408 e.